The number of ether oxygens (including phenoxy) is 2. The SMILES string of the molecule is O=C(N1CCC(Oc2c(F)cc(F)cc2F)CC1)C1(F)CCN(CC2CCOCC2)CC1. The van der Waals surface area contributed by atoms with Crippen LogP contribution >= 0.6 is 0 Å². The van der Waals surface area contributed by atoms with Crippen molar-refractivity contribution >= 4 is 5.91 Å². The maximum atomic E-state index is 15.5. The minimum atomic E-state index is -1.87. The van der Waals surface area contributed by atoms with Gasteiger partial charge in [-0.3, -0.25) is 4.79 Å². The highest BCUT2D eigenvalue weighted by atomic mass is 19.2. The van der Waals surface area contributed by atoms with Crippen molar-refractivity contribution < 1.29 is 31.8 Å². The molecule has 0 atom stereocenters. The Morgan fingerprint density at radius 3 is 2.19 bits per heavy atom. The Hall–Kier alpha value is -1.87. The van der Waals surface area contributed by atoms with Crippen molar-refractivity contribution in [1.29, 1.82) is 0 Å². The number of nitrogens with zero attached hydrogens (tertiary/aromatic N) is 2. The standard InChI is InChI=1S/C23H30F4N2O3/c24-17-13-19(25)21(20(26)14-17)32-18-1-7-29(8-2-18)22(30)23(27)5-9-28(10-6-23)15-16-3-11-31-12-4-16/h13-14,16,18H,1-12,15H2. The maximum absolute atomic E-state index is 15.5. The molecule has 1 aromatic carbocycles. The number of benzene rings is 1. The quantitative estimate of drug-likeness (QED) is 0.631. The number of likely N-dealkylation sites (tertiary alicyclic amines) is 2. The largest absolute Gasteiger partial charge is 0.484 e. The zero-order valence-corrected chi connectivity index (χ0v) is 18.1. The van der Waals surface area contributed by atoms with Crippen molar-refractivity contribution in [1.82, 2.24) is 9.80 Å². The first-order valence-corrected chi connectivity index (χ1v) is 11.4. The molecular weight excluding hydrogens is 428 g/mol. The summed E-state index contributed by atoms with van der Waals surface area (Å²) in [6.07, 6.45) is 2.54. The summed E-state index contributed by atoms with van der Waals surface area (Å²) in [5.41, 5.74) is -1.87. The predicted molar refractivity (Wildman–Crippen MR) is 110 cm³/mol. The van der Waals surface area contributed by atoms with E-state index in [9.17, 15) is 18.0 Å². The first kappa shape index (κ1) is 23.3. The van der Waals surface area contributed by atoms with Crippen LogP contribution in [0.5, 0.6) is 5.75 Å². The molecule has 0 saturated carbocycles. The molecule has 0 aliphatic carbocycles. The van der Waals surface area contributed by atoms with Gasteiger partial charge in [-0.05, 0) is 18.8 Å². The van der Waals surface area contributed by atoms with Crippen LogP contribution in [-0.4, -0.2) is 73.4 Å². The zero-order valence-electron chi connectivity index (χ0n) is 18.1. The van der Waals surface area contributed by atoms with Crippen molar-refractivity contribution in [2.75, 3.05) is 45.9 Å². The molecule has 3 aliphatic heterocycles. The second-order valence-electron chi connectivity index (χ2n) is 9.13. The van der Waals surface area contributed by atoms with Gasteiger partial charge in [0.05, 0.1) is 0 Å². The second kappa shape index (κ2) is 9.95. The molecule has 0 spiro atoms. The van der Waals surface area contributed by atoms with E-state index in [0.717, 1.165) is 32.6 Å². The Balaban J connectivity index is 1.25. The van der Waals surface area contributed by atoms with Crippen molar-refractivity contribution in [3.63, 3.8) is 0 Å². The number of alkyl halides is 1. The van der Waals surface area contributed by atoms with Gasteiger partial charge in [-0.25, -0.2) is 17.6 Å². The summed E-state index contributed by atoms with van der Waals surface area (Å²) in [6.45, 7) is 4.11. The predicted octanol–water partition coefficient (Wildman–Crippen LogP) is 3.70. The lowest BCUT2D eigenvalue weighted by Crippen LogP contribution is -2.55. The van der Waals surface area contributed by atoms with E-state index in [2.05, 4.69) is 4.90 Å². The summed E-state index contributed by atoms with van der Waals surface area (Å²) in [4.78, 5) is 16.6. The summed E-state index contributed by atoms with van der Waals surface area (Å²) in [5, 5.41) is 0. The highest BCUT2D eigenvalue weighted by molar-refractivity contribution is 5.85. The van der Waals surface area contributed by atoms with Crippen molar-refractivity contribution in [3.05, 3.63) is 29.6 Å². The number of halogens is 4. The molecule has 0 unspecified atom stereocenters. The van der Waals surface area contributed by atoms with E-state index >= 15 is 4.39 Å². The first-order chi connectivity index (χ1) is 15.3. The molecular formula is C23H30F4N2O3. The van der Waals surface area contributed by atoms with Crippen LogP contribution in [0.2, 0.25) is 0 Å². The Labute approximate surface area is 185 Å². The highest BCUT2D eigenvalue weighted by Gasteiger charge is 2.45. The number of hydrogen-bond acceptors (Lipinski definition) is 4. The number of hydrogen-bond donors (Lipinski definition) is 0. The topological polar surface area (TPSA) is 42.0 Å². The summed E-state index contributed by atoms with van der Waals surface area (Å²) in [7, 11) is 0. The second-order valence-corrected chi connectivity index (χ2v) is 9.13. The van der Waals surface area contributed by atoms with E-state index in [1.807, 2.05) is 0 Å². The molecule has 0 N–H and O–H groups in total. The lowest BCUT2D eigenvalue weighted by atomic mass is 9.89. The Morgan fingerprint density at radius 2 is 1.59 bits per heavy atom. The van der Waals surface area contributed by atoms with Crippen LogP contribution in [0.25, 0.3) is 0 Å². The minimum absolute atomic E-state index is 0.178. The fourth-order valence-corrected chi connectivity index (χ4v) is 4.87. The van der Waals surface area contributed by atoms with Gasteiger partial charge in [0.15, 0.2) is 23.1 Å². The van der Waals surface area contributed by atoms with Gasteiger partial charge in [-0.15, -0.1) is 0 Å². The van der Waals surface area contributed by atoms with Crippen molar-refractivity contribution in [2.45, 2.75) is 50.3 Å². The van der Waals surface area contributed by atoms with Crippen molar-refractivity contribution in [3.8, 4) is 5.75 Å². The molecule has 1 aromatic rings. The van der Waals surface area contributed by atoms with E-state index < -0.39 is 40.9 Å². The third-order valence-electron chi connectivity index (χ3n) is 6.87. The Morgan fingerprint density at radius 1 is 1.00 bits per heavy atom. The summed E-state index contributed by atoms with van der Waals surface area (Å²) in [5.74, 6) is -3.76. The van der Waals surface area contributed by atoms with Gasteiger partial charge in [-0.1, -0.05) is 0 Å². The van der Waals surface area contributed by atoms with E-state index in [-0.39, 0.29) is 25.9 Å². The number of carbonyl (C=O) groups excluding carboxylic acids is 1. The van der Waals surface area contributed by atoms with Gasteiger partial charge in [0.25, 0.3) is 5.91 Å². The highest BCUT2D eigenvalue weighted by Crippen LogP contribution is 2.32. The zero-order chi connectivity index (χ0) is 22.7. The first-order valence-electron chi connectivity index (χ1n) is 11.4. The average Bonchev–Trinajstić information content (AvgIpc) is 2.78. The van der Waals surface area contributed by atoms with Crippen LogP contribution in [0.15, 0.2) is 12.1 Å². The fourth-order valence-electron chi connectivity index (χ4n) is 4.87. The van der Waals surface area contributed by atoms with Gasteiger partial charge < -0.3 is 19.3 Å². The average molecular weight is 458 g/mol. The number of amides is 1. The molecule has 3 fully saturated rings. The molecule has 3 aliphatic rings. The monoisotopic (exact) mass is 458 g/mol. The number of piperidine rings is 2. The molecule has 178 valence electrons. The van der Waals surface area contributed by atoms with Gasteiger partial charge in [0.2, 0.25) is 0 Å². The normalized spacial score (nSPS) is 23.3. The maximum Gasteiger partial charge on any atom is 0.260 e. The van der Waals surface area contributed by atoms with Crippen LogP contribution < -0.4 is 4.74 Å². The lowest BCUT2D eigenvalue weighted by Gasteiger charge is -2.41. The molecule has 0 aromatic heterocycles. The molecule has 9 heteroatoms. The smallest absolute Gasteiger partial charge is 0.260 e. The van der Waals surface area contributed by atoms with E-state index in [4.69, 9.17) is 9.47 Å². The Bertz CT molecular complexity index is 779. The number of rotatable bonds is 5. The summed E-state index contributed by atoms with van der Waals surface area (Å²) in [6, 6.07) is 1.14. The Kier molecular flexibility index (Phi) is 7.24. The van der Waals surface area contributed by atoms with Crippen LogP contribution in [-0.2, 0) is 9.53 Å². The van der Waals surface area contributed by atoms with Crippen molar-refractivity contribution in [2.24, 2.45) is 5.92 Å². The van der Waals surface area contributed by atoms with Crippen LogP contribution in [0.4, 0.5) is 17.6 Å². The molecule has 1 amide bonds. The van der Waals surface area contributed by atoms with Gasteiger partial charge in [0.1, 0.15) is 11.9 Å². The number of carbonyl (C=O) groups is 1. The van der Waals surface area contributed by atoms with E-state index in [0.29, 0.717) is 44.0 Å². The third-order valence-corrected chi connectivity index (χ3v) is 6.87. The third kappa shape index (κ3) is 5.36. The minimum Gasteiger partial charge on any atom is -0.484 e. The fraction of sp³-hybridized carbons (Fsp3) is 0.696. The van der Waals surface area contributed by atoms with Crippen LogP contribution in [0.3, 0.4) is 0 Å². The lowest BCUT2D eigenvalue weighted by molar-refractivity contribution is -0.149. The molecule has 0 bridgehead atoms. The summed E-state index contributed by atoms with van der Waals surface area (Å²) >= 11 is 0. The molecule has 3 heterocycles. The molecule has 32 heavy (non-hydrogen) atoms. The van der Waals surface area contributed by atoms with Crippen LogP contribution in [0, 0.1) is 23.4 Å². The molecule has 5 nitrogen and oxygen atoms in total. The van der Waals surface area contributed by atoms with E-state index in [1.165, 1.54) is 4.90 Å². The van der Waals surface area contributed by atoms with Gasteiger partial charge in [0, 0.05) is 83.8 Å². The van der Waals surface area contributed by atoms with E-state index in [1.54, 1.807) is 0 Å². The van der Waals surface area contributed by atoms with Gasteiger partial charge in [-0.2, -0.15) is 0 Å². The van der Waals surface area contributed by atoms with Crippen LogP contribution in [0.1, 0.15) is 38.5 Å². The molecule has 4 rings (SSSR count). The molecule has 0 radical (unpaired) electrons. The molecule has 3 saturated heterocycles. The van der Waals surface area contributed by atoms with Gasteiger partial charge >= 0.3 is 0 Å². The summed E-state index contributed by atoms with van der Waals surface area (Å²) < 4.78 is 67.0.